The van der Waals surface area contributed by atoms with Gasteiger partial charge in [-0.1, -0.05) is 12.1 Å². The Balaban J connectivity index is 2.20. The second kappa shape index (κ2) is 5.82. The summed E-state index contributed by atoms with van der Waals surface area (Å²) >= 11 is 0. The zero-order valence-electron chi connectivity index (χ0n) is 10.0. The quantitative estimate of drug-likeness (QED) is 0.766. The van der Waals surface area contributed by atoms with Crippen molar-refractivity contribution in [3.8, 4) is 0 Å². The van der Waals surface area contributed by atoms with Crippen LogP contribution in [0.15, 0.2) is 24.3 Å². The van der Waals surface area contributed by atoms with Gasteiger partial charge in [-0.2, -0.15) is 0 Å². The number of nitrogens with zero attached hydrogens (tertiary/aromatic N) is 1. The number of anilines is 1. The van der Waals surface area contributed by atoms with E-state index in [1.165, 1.54) is 19.3 Å². The molecule has 1 aliphatic carbocycles. The molecule has 1 aromatic rings. The highest BCUT2D eigenvalue weighted by atomic mass is 16.3. The number of para-hydroxylation sites is 1. The molecular weight excluding hydrogens is 214 g/mol. The minimum absolute atomic E-state index is 0.201. The molecule has 0 radical (unpaired) electrons. The summed E-state index contributed by atoms with van der Waals surface area (Å²) in [5.74, 6) is 0. The average Bonchev–Trinajstić information content (AvgIpc) is 2.32. The lowest BCUT2D eigenvalue weighted by Gasteiger charge is -2.39. The van der Waals surface area contributed by atoms with Gasteiger partial charge in [0, 0.05) is 30.4 Å². The van der Waals surface area contributed by atoms with E-state index >= 15 is 0 Å². The lowest BCUT2D eigenvalue weighted by Crippen LogP contribution is -2.41. The topological polar surface area (TPSA) is 40.5 Å². The normalized spacial score (nSPS) is 15.4. The maximum Gasteiger partial charge on any atom is 0.152 e. The van der Waals surface area contributed by atoms with Gasteiger partial charge in [0.15, 0.2) is 6.29 Å². The molecule has 0 atom stereocenters. The number of rotatable bonds is 6. The number of hydrogen-bond acceptors (Lipinski definition) is 3. The van der Waals surface area contributed by atoms with E-state index in [1.807, 2.05) is 24.3 Å². The van der Waals surface area contributed by atoms with Crippen LogP contribution in [-0.4, -0.2) is 30.6 Å². The Hall–Kier alpha value is -1.35. The van der Waals surface area contributed by atoms with Crippen molar-refractivity contribution in [3.63, 3.8) is 0 Å². The fraction of sp³-hybridized carbons (Fsp3) is 0.500. The predicted octanol–water partition coefficient (Wildman–Crippen LogP) is 2.24. The third-order valence-corrected chi connectivity index (χ3v) is 3.45. The third kappa shape index (κ3) is 2.67. The van der Waals surface area contributed by atoms with E-state index in [0.717, 1.165) is 30.5 Å². The standard InChI is InChI=1S/C14H19NO2/c16-10-4-9-15(13-6-3-7-13)14-8-2-1-5-12(14)11-17/h1-2,5,8,11,13,16H,3-4,6-7,9-10H2. The van der Waals surface area contributed by atoms with E-state index in [0.29, 0.717) is 6.04 Å². The summed E-state index contributed by atoms with van der Waals surface area (Å²) in [6.07, 6.45) is 5.32. The average molecular weight is 233 g/mol. The summed E-state index contributed by atoms with van der Waals surface area (Å²) in [6, 6.07) is 8.25. The summed E-state index contributed by atoms with van der Waals surface area (Å²) in [7, 11) is 0. The number of hydrogen-bond donors (Lipinski definition) is 1. The van der Waals surface area contributed by atoms with Crippen LogP contribution in [0.1, 0.15) is 36.0 Å². The van der Waals surface area contributed by atoms with Gasteiger partial charge in [-0.3, -0.25) is 4.79 Å². The number of aliphatic hydroxyl groups excluding tert-OH is 1. The summed E-state index contributed by atoms with van der Waals surface area (Å²) in [5.41, 5.74) is 1.76. The van der Waals surface area contributed by atoms with Gasteiger partial charge < -0.3 is 10.0 Å². The van der Waals surface area contributed by atoms with Gasteiger partial charge in [-0.05, 0) is 37.8 Å². The Bertz CT molecular complexity index is 374. The van der Waals surface area contributed by atoms with E-state index in [1.54, 1.807) is 0 Å². The van der Waals surface area contributed by atoms with Gasteiger partial charge in [0.05, 0.1) is 0 Å². The molecule has 0 amide bonds. The lowest BCUT2D eigenvalue weighted by molar-refractivity contribution is 0.112. The second-order valence-corrected chi connectivity index (χ2v) is 4.53. The Morgan fingerprint density at radius 3 is 2.71 bits per heavy atom. The first-order chi connectivity index (χ1) is 8.36. The maximum atomic E-state index is 11.1. The van der Waals surface area contributed by atoms with E-state index in [2.05, 4.69) is 4.90 Å². The molecule has 2 rings (SSSR count). The first-order valence-electron chi connectivity index (χ1n) is 6.28. The first kappa shape index (κ1) is 12.1. The van der Waals surface area contributed by atoms with Crippen molar-refractivity contribution in [1.29, 1.82) is 0 Å². The van der Waals surface area contributed by atoms with Gasteiger partial charge in [-0.15, -0.1) is 0 Å². The van der Waals surface area contributed by atoms with Gasteiger partial charge >= 0.3 is 0 Å². The molecule has 1 saturated carbocycles. The molecule has 0 aliphatic heterocycles. The molecule has 1 N–H and O–H groups in total. The molecular formula is C14H19NO2. The van der Waals surface area contributed by atoms with E-state index in [-0.39, 0.29) is 6.61 Å². The van der Waals surface area contributed by atoms with Gasteiger partial charge in [0.1, 0.15) is 0 Å². The van der Waals surface area contributed by atoms with Crippen LogP contribution in [-0.2, 0) is 0 Å². The van der Waals surface area contributed by atoms with E-state index in [4.69, 9.17) is 5.11 Å². The van der Waals surface area contributed by atoms with Crippen molar-refractivity contribution in [1.82, 2.24) is 0 Å². The van der Waals surface area contributed by atoms with Gasteiger partial charge in [-0.25, -0.2) is 0 Å². The Morgan fingerprint density at radius 1 is 1.35 bits per heavy atom. The third-order valence-electron chi connectivity index (χ3n) is 3.45. The molecule has 3 heteroatoms. The molecule has 0 heterocycles. The molecule has 0 bridgehead atoms. The largest absolute Gasteiger partial charge is 0.396 e. The molecule has 0 saturated heterocycles. The number of benzene rings is 1. The van der Waals surface area contributed by atoms with Crippen molar-refractivity contribution in [2.24, 2.45) is 0 Å². The van der Waals surface area contributed by atoms with Crippen molar-refractivity contribution >= 4 is 12.0 Å². The van der Waals surface area contributed by atoms with Crippen LogP contribution in [0.4, 0.5) is 5.69 Å². The molecule has 0 spiro atoms. The fourth-order valence-corrected chi connectivity index (χ4v) is 2.29. The minimum Gasteiger partial charge on any atom is -0.396 e. The Labute approximate surface area is 102 Å². The Morgan fingerprint density at radius 2 is 2.12 bits per heavy atom. The summed E-state index contributed by atoms with van der Waals surface area (Å²) in [6.45, 7) is 1.03. The fourth-order valence-electron chi connectivity index (χ4n) is 2.29. The monoisotopic (exact) mass is 233 g/mol. The smallest absolute Gasteiger partial charge is 0.152 e. The van der Waals surface area contributed by atoms with Crippen LogP contribution in [0.3, 0.4) is 0 Å². The van der Waals surface area contributed by atoms with Crippen LogP contribution < -0.4 is 4.90 Å². The van der Waals surface area contributed by atoms with Gasteiger partial charge in [0.2, 0.25) is 0 Å². The zero-order chi connectivity index (χ0) is 12.1. The summed E-state index contributed by atoms with van der Waals surface area (Å²) in [4.78, 5) is 13.3. The van der Waals surface area contributed by atoms with Crippen molar-refractivity contribution in [2.75, 3.05) is 18.1 Å². The Kier molecular flexibility index (Phi) is 4.15. The highest BCUT2D eigenvalue weighted by Crippen LogP contribution is 2.31. The first-order valence-corrected chi connectivity index (χ1v) is 6.28. The molecule has 92 valence electrons. The molecule has 1 aliphatic rings. The molecule has 1 aromatic carbocycles. The van der Waals surface area contributed by atoms with E-state index in [9.17, 15) is 4.79 Å². The number of carbonyl (C=O) groups is 1. The molecule has 17 heavy (non-hydrogen) atoms. The maximum absolute atomic E-state index is 11.1. The SMILES string of the molecule is O=Cc1ccccc1N(CCCO)C1CCC1. The van der Waals surface area contributed by atoms with Crippen molar-refractivity contribution in [3.05, 3.63) is 29.8 Å². The highest BCUT2D eigenvalue weighted by Gasteiger charge is 2.25. The number of aldehydes is 1. The van der Waals surface area contributed by atoms with E-state index < -0.39 is 0 Å². The van der Waals surface area contributed by atoms with Crippen LogP contribution in [0.2, 0.25) is 0 Å². The lowest BCUT2D eigenvalue weighted by atomic mass is 9.90. The van der Waals surface area contributed by atoms with Crippen LogP contribution >= 0.6 is 0 Å². The molecule has 3 nitrogen and oxygen atoms in total. The number of carbonyl (C=O) groups excluding carboxylic acids is 1. The molecule has 0 aromatic heterocycles. The molecule has 0 unspecified atom stereocenters. The van der Waals surface area contributed by atoms with Crippen LogP contribution in [0, 0.1) is 0 Å². The summed E-state index contributed by atoms with van der Waals surface area (Å²) < 4.78 is 0. The minimum atomic E-state index is 0.201. The van der Waals surface area contributed by atoms with Crippen molar-refractivity contribution < 1.29 is 9.90 Å². The predicted molar refractivity (Wildman–Crippen MR) is 68.5 cm³/mol. The highest BCUT2D eigenvalue weighted by molar-refractivity contribution is 5.84. The molecule has 1 fully saturated rings. The van der Waals surface area contributed by atoms with Crippen molar-refractivity contribution in [2.45, 2.75) is 31.7 Å². The zero-order valence-corrected chi connectivity index (χ0v) is 10.0. The van der Waals surface area contributed by atoms with Gasteiger partial charge in [0.25, 0.3) is 0 Å². The summed E-state index contributed by atoms with van der Waals surface area (Å²) in [5, 5.41) is 8.96. The van der Waals surface area contributed by atoms with Crippen LogP contribution in [0.5, 0.6) is 0 Å². The second-order valence-electron chi connectivity index (χ2n) is 4.53. The van der Waals surface area contributed by atoms with Crippen LogP contribution in [0.25, 0.3) is 0 Å². The number of aliphatic hydroxyl groups is 1.